The third-order valence-electron chi connectivity index (χ3n) is 7.57. The van der Waals surface area contributed by atoms with E-state index >= 15 is 0 Å². The number of aromatic nitrogens is 1. The number of pyridine rings is 1. The number of benzene rings is 1. The largest absolute Gasteiger partial charge is 0.487 e. The van der Waals surface area contributed by atoms with Crippen LogP contribution in [0.5, 0.6) is 5.75 Å². The van der Waals surface area contributed by atoms with Crippen molar-refractivity contribution in [3.8, 4) is 5.75 Å². The quantitative estimate of drug-likeness (QED) is 0.266. The molecule has 1 aliphatic rings. The first kappa shape index (κ1) is 38.2. The fourth-order valence-corrected chi connectivity index (χ4v) is 5.22. The second-order valence-electron chi connectivity index (χ2n) is 9.93. The van der Waals surface area contributed by atoms with Gasteiger partial charge in [-0.05, 0) is 56.4 Å². The zero-order valence-corrected chi connectivity index (χ0v) is 26.1. The lowest BCUT2D eigenvalue weighted by Crippen LogP contribution is -2.50. The van der Waals surface area contributed by atoms with Crippen LogP contribution in [-0.4, -0.2) is 39.1 Å². The average Bonchev–Trinajstić information content (AvgIpc) is 3.16. The minimum absolute atomic E-state index is 0. The Morgan fingerprint density at radius 3 is 2.07 bits per heavy atom. The van der Waals surface area contributed by atoms with Crippen molar-refractivity contribution in [3.63, 3.8) is 0 Å². The van der Waals surface area contributed by atoms with Crippen LogP contribution in [0.2, 0.25) is 10.0 Å². The van der Waals surface area contributed by atoms with Gasteiger partial charge in [0.05, 0.1) is 11.1 Å². The molecular weight excluding hydrogens is 567 g/mol. The van der Waals surface area contributed by atoms with Crippen molar-refractivity contribution in [3.05, 3.63) is 57.3 Å². The SMILES string of the molecule is C.CC.CC.Cc1nc(C[C@H](NC(=O)[C@H]2CC[C@@](C)(C(=O)O)C2(C)C)C(=O)O)ccc1OCc1c(Cl)cccc1Cl. The Hall–Kier alpha value is -2.84. The first-order valence-electron chi connectivity index (χ1n) is 13.6. The van der Waals surface area contributed by atoms with E-state index in [0.717, 1.165) is 0 Å². The van der Waals surface area contributed by atoms with Crippen molar-refractivity contribution in [1.82, 2.24) is 10.3 Å². The summed E-state index contributed by atoms with van der Waals surface area (Å²) >= 11 is 12.4. The summed E-state index contributed by atoms with van der Waals surface area (Å²) in [6, 6.07) is 7.28. The number of aryl methyl sites for hydroxylation is 1. The predicted octanol–water partition coefficient (Wildman–Crippen LogP) is 7.60. The third kappa shape index (κ3) is 8.82. The lowest BCUT2D eigenvalue weighted by atomic mass is 9.65. The van der Waals surface area contributed by atoms with Crippen molar-refractivity contribution < 1.29 is 29.3 Å². The lowest BCUT2D eigenvalue weighted by molar-refractivity contribution is -0.155. The Morgan fingerprint density at radius 2 is 1.61 bits per heavy atom. The number of carbonyl (C=O) groups excluding carboxylic acids is 1. The maximum Gasteiger partial charge on any atom is 0.326 e. The van der Waals surface area contributed by atoms with Crippen molar-refractivity contribution in [1.29, 1.82) is 0 Å². The van der Waals surface area contributed by atoms with Crippen LogP contribution >= 0.6 is 23.2 Å². The van der Waals surface area contributed by atoms with Gasteiger partial charge in [0.1, 0.15) is 18.4 Å². The molecule has 10 heteroatoms. The van der Waals surface area contributed by atoms with Crippen molar-refractivity contribution in [2.75, 3.05) is 0 Å². The van der Waals surface area contributed by atoms with Crippen LogP contribution in [0.15, 0.2) is 30.3 Å². The molecule has 0 bridgehead atoms. The summed E-state index contributed by atoms with van der Waals surface area (Å²) in [5.41, 5.74) is -0.266. The van der Waals surface area contributed by atoms with Gasteiger partial charge in [-0.3, -0.25) is 14.6 Å². The normalized spacial score (nSPS) is 19.2. The number of halogens is 2. The van der Waals surface area contributed by atoms with Crippen LogP contribution in [-0.2, 0) is 27.4 Å². The van der Waals surface area contributed by atoms with Gasteiger partial charge in [0, 0.05) is 33.6 Å². The molecule has 1 saturated carbocycles. The molecule has 3 N–H and O–H groups in total. The molecule has 1 aliphatic carbocycles. The Morgan fingerprint density at radius 1 is 1.05 bits per heavy atom. The number of carbonyl (C=O) groups is 3. The van der Waals surface area contributed by atoms with Gasteiger partial charge in [-0.2, -0.15) is 0 Å². The van der Waals surface area contributed by atoms with E-state index in [1.165, 1.54) is 0 Å². The summed E-state index contributed by atoms with van der Waals surface area (Å²) in [6.07, 6.45) is 0.668. The molecular formula is C31H46Cl2N2O6. The summed E-state index contributed by atoms with van der Waals surface area (Å²) in [5.74, 6) is -2.76. The third-order valence-corrected chi connectivity index (χ3v) is 8.28. The fourth-order valence-electron chi connectivity index (χ4n) is 4.71. The van der Waals surface area contributed by atoms with Gasteiger partial charge in [-0.1, -0.05) is 78.2 Å². The number of carboxylic acid groups (broad SMARTS) is 2. The molecule has 0 unspecified atom stereocenters. The van der Waals surface area contributed by atoms with Gasteiger partial charge in [0.25, 0.3) is 0 Å². The van der Waals surface area contributed by atoms with Crippen LogP contribution in [0.4, 0.5) is 0 Å². The van der Waals surface area contributed by atoms with E-state index < -0.39 is 40.6 Å². The molecule has 3 rings (SSSR count). The topological polar surface area (TPSA) is 126 Å². The molecule has 0 radical (unpaired) electrons. The minimum Gasteiger partial charge on any atom is -0.487 e. The predicted molar refractivity (Wildman–Crippen MR) is 165 cm³/mol. The monoisotopic (exact) mass is 612 g/mol. The zero-order chi connectivity index (χ0) is 30.8. The van der Waals surface area contributed by atoms with E-state index in [-0.39, 0.29) is 20.5 Å². The number of aliphatic carboxylic acids is 2. The highest BCUT2D eigenvalue weighted by molar-refractivity contribution is 6.35. The number of hydrogen-bond acceptors (Lipinski definition) is 5. The molecule has 41 heavy (non-hydrogen) atoms. The van der Waals surface area contributed by atoms with Gasteiger partial charge in [-0.15, -0.1) is 0 Å². The number of hydrogen-bond donors (Lipinski definition) is 3. The van der Waals surface area contributed by atoms with Gasteiger partial charge < -0.3 is 20.3 Å². The zero-order valence-electron chi connectivity index (χ0n) is 24.6. The van der Waals surface area contributed by atoms with Crippen LogP contribution < -0.4 is 10.1 Å². The molecule has 2 aromatic rings. The maximum absolute atomic E-state index is 13.0. The standard InChI is InChI=1S/C26H30Cl2N2O6.2C2H6.CH4/c1-14-21(36-13-16-18(27)6-5-7-19(16)28)9-8-15(29-14)12-20(23(32)33)30-22(31)17-10-11-26(4,24(34)35)25(17,2)3;2*1-2;/h5-9,17,20H,10-13H2,1-4H3,(H,30,31)(H,32,33)(H,34,35);2*1-2H3;1H4/t17-,20+,26+;;;/m1.../s1. The van der Waals surface area contributed by atoms with Gasteiger partial charge in [0.2, 0.25) is 5.91 Å². The van der Waals surface area contributed by atoms with Gasteiger partial charge >= 0.3 is 11.9 Å². The second kappa shape index (κ2) is 16.6. The van der Waals surface area contributed by atoms with E-state index in [0.29, 0.717) is 45.6 Å². The van der Waals surface area contributed by atoms with Crippen LogP contribution in [0.25, 0.3) is 0 Å². The number of ether oxygens (including phenoxy) is 1. The summed E-state index contributed by atoms with van der Waals surface area (Å²) < 4.78 is 5.82. The molecule has 0 saturated heterocycles. The van der Waals surface area contributed by atoms with Crippen LogP contribution in [0, 0.1) is 23.7 Å². The Labute approximate surface area is 254 Å². The van der Waals surface area contributed by atoms with Crippen LogP contribution in [0.3, 0.4) is 0 Å². The number of rotatable bonds is 9. The summed E-state index contributed by atoms with van der Waals surface area (Å²) in [6.45, 7) is 15.0. The minimum atomic E-state index is -1.22. The molecule has 1 fully saturated rings. The molecule has 1 aromatic carbocycles. The Balaban J connectivity index is 0.00000306. The molecule has 1 amide bonds. The van der Waals surface area contributed by atoms with Gasteiger partial charge in [0.15, 0.2) is 0 Å². The maximum atomic E-state index is 13.0. The summed E-state index contributed by atoms with van der Waals surface area (Å²) in [5, 5.41) is 23.0. The highest BCUT2D eigenvalue weighted by Crippen LogP contribution is 2.56. The Kier molecular flexibility index (Phi) is 15.4. The van der Waals surface area contributed by atoms with Crippen LogP contribution in [0.1, 0.15) is 85.7 Å². The average molecular weight is 614 g/mol. The smallest absolute Gasteiger partial charge is 0.326 e. The molecule has 3 atom stereocenters. The second-order valence-corrected chi connectivity index (χ2v) is 10.7. The number of nitrogens with zero attached hydrogens (tertiary/aromatic N) is 1. The molecule has 8 nitrogen and oxygen atoms in total. The highest BCUT2D eigenvalue weighted by Gasteiger charge is 2.58. The van der Waals surface area contributed by atoms with E-state index in [4.69, 9.17) is 27.9 Å². The molecule has 1 aromatic heterocycles. The van der Waals surface area contributed by atoms with Crippen molar-refractivity contribution >= 4 is 41.0 Å². The number of amides is 1. The van der Waals surface area contributed by atoms with Gasteiger partial charge in [-0.25, -0.2) is 4.79 Å². The van der Waals surface area contributed by atoms with E-state index in [9.17, 15) is 24.6 Å². The number of nitrogens with one attached hydrogen (secondary N) is 1. The molecule has 0 spiro atoms. The molecule has 0 aliphatic heterocycles. The highest BCUT2D eigenvalue weighted by atomic mass is 35.5. The molecule has 1 heterocycles. The van der Waals surface area contributed by atoms with Crippen molar-refractivity contribution in [2.24, 2.45) is 16.7 Å². The first-order valence-corrected chi connectivity index (χ1v) is 14.3. The molecule has 230 valence electrons. The van der Waals surface area contributed by atoms with Crippen molar-refractivity contribution in [2.45, 2.75) is 94.7 Å². The Bertz CT molecular complexity index is 1170. The first-order chi connectivity index (χ1) is 18.8. The van der Waals surface area contributed by atoms with E-state index in [2.05, 4.69) is 10.3 Å². The lowest BCUT2D eigenvalue weighted by Gasteiger charge is -2.38. The fraction of sp³-hybridized carbons (Fsp3) is 0.548. The van der Waals surface area contributed by atoms with E-state index in [1.54, 1.807) is 58.0 Å². The summed E-state index contributed by atoms with van der Waals surface area (Å²) in [4.78, 5) is 41.3. The summed E-state index contributed by atoms with van der Waals surface area (Å²) in [7, 11) is 0. The van der Waals surface area contributed by atoms with E-state index in [1.807, 2.05) is 27.7 Å². The number of carboxylic acids is 2.